The number of likely N-dealkylation sites (tertiary alicyclic amines) is 1. The summed E-state index contributed by atoms with van der Waals surface area (Å²) in [6.45, 7) is 8.90. The molecule has 3 aliphatic heterocycles. The summed E-state index contributed by atoms with van der Waals surface area (Å²) in [7, 11) is 10.1. The number of nitrogens with one attached hydrogen (secondary N) is 3. The van der Waals surface area contributed by atoms with Crippen LogP contribution in [0.4, 0.5) is 13.2 Å². The number of amides is 12. The maximum absolute atomic E-state index is 16.1. The van der Waals surface area contributed by atoms with E-state index in [-0.39, 0.29) is 75.3 Å². The van der Waals surface area contributed by atoms with Crippen LogP contribution in [0, 0.1) is 30.6 Å². The fourth-order valence-electron chi connectivity index (χ4n) is 16.8. The first-order valence-electron chi connectivity index (χ1n) is 39.2. The van der Waals surface area contributed by atoms with Crippen molar-refractivity contribution in [1.82, 2.24) is 65.0 Å². The van der Waals surface area contributed by atoms with Crippen molar-refractivity contribution in [3.05, 3.63) is 63.9 Å². The number of nitrogens with zero attached hydrogens (tertiary/aromatic N) is 10. The molecule has 29 heteroatoms. The highest BCUT2D eigenvalue weighted by Gasteiger charge is 2.52. The van der Waals surface area contributed by atoms with Crippen molar-refractivity contribution in [3.63, 3.8) is 0 Å². The monoisotopic (exact) mass is 1530 g/mol. The minimum atomic E-state index is -4.78. The second kappa shape index (κ2) is 38.1. The van der Waals surface area contributed by atoms with Gasteiger partial charge in [0.25, 0.3) is 0 Å². The van der Waals surface area contributed by atoms with E-state index in [0.29, 0.717) is 63.6 Å². The van der Waals surface area contributed by atoms with Gasteiger partial charge in [0.1, 0.15) is 53.9 Å². The molecule has 1 aromatic carbocycles. The van der Waals surface area contributed by atoms with Crippen molar-refractivity contribution in [1.29, 1.82) is 0 Å². The molecule has 0 unspecified atom stereocenters. The van der Waals surface area contributed by atoms with E-state index >= 15 is 38.4 Å². The van der Waals surface area contributed by atoms with Crippen LogP contribution >= 0.6 is 11.6 Å². The fourth-order valence-corrected chi connectivity index (χ4v) is 17.1. The number of halogens is 4. The summed E-state index contributed by atoms with van der Waals surface area (Å²) in [5.41, 5.74) is -1.25. The van der Waals surface area contributed by atoms with Crippen LogP contribution in [0.15, 0.2) is 36.7 Å². The minimum absolute atomic E-state index is 0.00636. The molecule has 12 amide bonds. The molecule has 3 saturated carbocycles. The number of aryl methyl sites for hydroxylation is 2. The molecule has 598 valence electrons. The smallest absolute Gasteiger partial charge is 0.343 e. The quantitative estimate of drug-likeness (QED) is 0.177. The van der Waals surface area contributed by atoms with E-state index in [1.165, 1.54) is 91.0 Å². The van der Waals surface area contributed by atoms with Crippen LogP contribution in [0.1, 0.15) is 198 Å². The molecule has 9 atom stereocenters. The van der Waals surface area contributed by atoms with E-state index < -0.39 is 173 Å². The Hall–Kier alpha value is -7.91. The molecule has 0 radical (unpaired) electrons. The van der Waals surface area contributed by atoms with Gasteiger partial charge in [0.05, 0.1) is 30.1 Å². The van der Waals surface area contributed by atoms with Crippen LogP contribution < -0.4 is 16.0 Å². The number of alkyl halides is 3. The molecule has 6 aliphatic rings. The van der Waals surface area contributed by atoms with Crippen LogP contribution in [-0.4, -0.2) is 256 Å². The van der Waals surface area contributed by atoms with Gasteiger partial charge < -0.3 is 60.0 Å². The van der Waals surface area contributed by atoms with Crippen LogP contribution in [0.5, 0.6) is 0 Å². The molecular weight excluding hydrogens is 1420 g/mol. The zero-order valence-electron chi connectivity index (χ0n) is 65.5. The molecule has 3 saturated heterocycles. The molecular formula is C79H117ClF3N13O12. The third-order valence-corrected chi connectivity index (χ3v) is 24.1. The summed E-state index contributed by atoms with van der Waals surface area (Å²) in [5.74, 6) is -8.93. The summed E-state index contributed by atoms with van der Waals surface area (Å²) < 4.78 is 42.1. The fraction of sp³-hybridized carbons (Fsp3) is 0.709. The number of rotatable bonds is 13. The maximum atomic E-state index is 16.1. The number of hydrogen-bond donors (Lipinski definition) is 3. The Morgan fingerprint density at radius 3 is 1.84 bits per heavy atom. The van der Waals surface area contributed by atoms with Crippen LogP contribution in [0.25, 0.3) is 0 Å². The van der Waals surface area contributed by atoms with Gasteiger partial charge in [0, 0.05) is 87.8 Å². The number of piperidine rings is 1. The normalized spacial score (nSPS) is 26.4. The molecule has 6 fully saturated rings. The SMILES string of the molecule is CC[C@H](C)[C@@H]1NC(=O)[C@H](CC(C)C)N(C)C(=O)C[C@@H](C(=O)N2CCCCC2)N(C)C(=O)[C@H](C2CCCCC2)N(C)C(=O)C2(CCCC2)NC(=O)[C@H](Cc2cncc(C)c2)N(C)C(=O)[C@H](CCc2ccc(C(F)(F)F)c(Cl)c2)NC(=O)CN(C)C(=O)[C@H](CC2CCCCC2)N(C)C(=O)[C@@H]2CCN2C(=O)CN(C)C1=O. The van der Waals surface area contributed by atoms with E-state index in [9.17, 15) is 32.3 Å². The van der Waals surface area contributed by atoms with Gasteiger partial charge in [-0.2, -0.15) is 13.2 Å². The number of likely N-dealkylation sites (N-methyl/N-ethyl adjacent to an activating group) is 7. The average molecular weight is 1530 g/mol. The highest BCUT2D eigenvalue weighted by atomic mass is 35.5. The average Bonchev–Trinajstić information content (AvgIpc) is 1.61. The summed E-state index contributed by atoms with van der Waals surface area (Å²) in [6.07, 6.45) is 9.28. The van der Waals surface area contributed by atoms with Gasteiger partial charge >= 0.3 is 6.18 Å². The van der Waals surface area contributed by atoms with Crippen LogP contribution in [-0.2, 0) is 76.6 Å². The van der Waals surface area contributed by atoms with Gasteiger partial charge in [0.2, 0.25) is 70.9 Å². The van der Waals surface area contributed by atoms with Crippen molar-refractivity contribution in [3.8, 4) is 0 Å². The topological polar surface area (TPSA) is 283 Å². The number of carbonyl (C=O) groups excluding carboxylic acids is 12. The Labute approximate surface area is 640 Å². The first kappa shape index (κ1) is 85.7. The first-order valence-corrected chi connectivity index (χ1v) is 39.5. The van der Waals surface area contributed by atoms with Crippen molar-refractivity contribution in [2.75, 3.05) is 82.1 Å². The molecule has 3 N–H and O–H groups in total. The first-order chi connectivity index (χ1) is 51.1. The second-order valence-corrected chi connectivity index (χ2v) is 32.5. The van der Waals surface area contributed by atoms with Crippen molar-refractivity contribution in [2.24, 2.45) is 23.7 Å². The molecule has 1 aromatic heterocycles. The third-order valence-electron chi connectivity index (χ3n) is 23.8. The zero-order valence-corrected chi connectivity index (χ0v) is 66.2. The van der Waals surface area contributed by atoms with E-state index in [1.54, 1.807) is 31.0 Å². The summed E-state index contributed by atoms with van der Waals surface area (Å²) in [6, 6.07) is -5.27. The lowest BCUT2D eigenvalue weighted by Crippen LogP contribution is -2.66. The van der Waals surface area contributed by atoms with Gasteiger partial charge in [-0.1, -0.05) is 122 Å². The standard InChI is InChI=1S/C79H117ClF3N13O12/c1-13-51(5)67-75(106)89(7)48-66(99)96-38-33-59(96)73(104)92(10)62(42-52-25-17-14-18-26-52)72(103)88(6)47-64(97)85-58(32-30-53-29-31-56(57(80)41-53)79(81,82)83)71(102)91(9)61(43-54-40-50(4)45-84-46-54)70(101)87-78(34-21-22-35-78)77(108)94(12)68(55-27-19-15-20-28-55)76(107)93(11)63(74(105)95-36-23-16-24-37-95)44-65(98)90(8)60(39-49(2)3)69(100)86-67/h29,31,40-41,45-46,49,51-52,55,58-63,67-68H,13-28,30,32-39,42-44,47-48H2,1-12H3,(H,85,97)(H,86,100)(H,87,101)/t51-,58-,59-,60-,61-,62-,63-,67-,68-/m0/s1. The molecule has 2 aromatic rings. The van der Waals surface area contributed by atoms with E-state index in [2.05, 4.69) is 20.9 Å². The second-order valence-electron chi connectivity index (χ2n) is 32.1. The largest absolute Gasteiger partial charge is 0.417 e. The molecule has 1 spiro atoms. The number of fused-ring (bicyclic) bond motifs is 1. The van der Waals surface area contributed by atoms with Crippen LogP contribution in [0.2, 0.25) is 5.02 Å². The lowest BCUT2D eigenvalue weighted by Gasteiger charge is -2.44. The van der Waals surface area contributed by atoms with Crippen LogP contribution in [0.3, 0.4) is 0 Å². The third kappa shape index (κ3) is 21.1. The molecule has 0 bridgehead atoms. The zero-order chi connectivity index (χ0) is 79.2. The Kier molecular flexibility index (Phi) is 30.3. The number of hydrogen-bond acceptors (Lipinski definition) is 13. The molecule has 3 aliphatic carbocycles. The predicted molar refractivity (Wildman–Crippen MR) is 401 cm³/mol. The molecule has 108 heavy (non-hydrogen) atoms. The highest BCUT2D eigenvalue weighted by Crippen LogP contribution is 2.39. The number of benzene rings is 1. The van der Waals surface area contributed by atoms with Gasteiger partial charge in [0.15, 0.2) is 0 Å². The lowest BCUT2D eigenvalue weighted by molar-refractivity contribution is -0.158. The number of pyridine rings is 1. The molecule has 25 nitrogen and oxygen atoms in total. The Balaban J connectivity index is 1.22. The Morgan fingerprint density at radius 2 is 1.25 bits per heavy atom. The van der Waals surface area contributed by atoms with Gasteiger partial charge in [-0.3, -0.25) is 62.5 Å². The van der Waals surface area contributed by atoms with E-state index in [1.807, 2.05) is 20.8 Å². The molecule has 8 rings (SSSR count). The van der Waals surface area contributed by atoms with Gasteiger partial charge in [-0.15, -0.1) is 0 Å². The van der Waals surface area contributed by atoms with E-state index in [4.69, 9.17) is 11.6 Å². The predicted octanol–water partition coefficient (Wildman–Crippen LogP) is 7.35. The maximum Gasteiger partial charge on any atom is 0.417 e. The Bertz CT molecular complexity index is 3560. The minimum Gasteiger partial charge on any atom is -0.343 e. The summed E-state index contributed by atoms with van der Waals surface area (Å²) >= 11 is 6.23. The molecule has 4 heterocycles. The number of aromatic nitrogens is 1. The summed E-state index contributed by atoms with van der Waals surface area (Å²) in [4.78, 5) is 199. The van der Waals surface area contributed by atoms with Gasteiger partial charge in [-0.05, 0) is 136 Å². The number of carbonyl (C=O) groups is 12. The lowest BCUT2D eigenvalue weighted by atomic mass is 9.81. The van der Waals surface area contributed by atoms with Crippen molar-refractivity contribution in [2.45, 2.75) is 255 Å². The van der Waals surface area contributed by atoms with Crippen molar-refractivity contribution >= 4 is 82.5 Å². The van der Waals surface area contributed by atoms with Crippen molar-refractivity contribution < 1.29 is 70.7 Å². The summed E-state index contributed by atoms with van der Waals surface area (Å²) in [5, 5.41) is 8.25. The Morgan fingerprint density at radius 1 is 0.630 bits per heavy atom. The van der Waals surface area contributed by atoms with Gasteiger partial charge in [-0.25, -0.2) is 0 Å². The highest BCUT2D eigenvalue weighted by molar-refractivity contribution is 6.31. The van der Waals surface area contributed by atoms with E-state index in [0.717, 1.165) is 85.3 Å².